The zero-order valence-corrected chi connectivity index (χ0v) is 10.7. The maximum absolute atomic E-state index is 5.62. The number of nitrogens with one attached hydrogen (secondary N) is 1. The van der Waals surface area contributed by atoms with E-state index in [0.29, 0.717) is 0 Å². The van der Waals surface area contributed by atoms with Crippen LogP contribution >= 0.6 is 11.3 Å². The lowest BCUT2D eigenvalue weighted by atomic mass is 10.2. The molecule has 1 N–H and O–H groups in total. The van der Waals surface area contributed by atoms with E-state index in [2.05, 4.69) is 10.3 Å². The molecule has 0 atom stereocenters. The Morgan fingerprint density at radius 2 is 2.12 bits per heavy atom. The van der Waals surface area contributed by atoms with E-state index < -0.39 is 0 Å². The molecule has 0 unspecified atom stereocenters. The van der Waals surface area contributed by atoms with Crippen molar-refractivity contribution in [2.75, 3.05) is 20.2 Å². The van der Waals surface area contributed by atoms with Crippen LogP contribution in [0, 0.1) is 0 Å². The van der Waals surface area contributed by atoms with Gasteiger partial charge in [0.15, 0.2) is 0 Å². The molecule has 0 saturated heterocycles. The highest BCUT2D eigenvalue weighted by Crippen LogP contribution is 2.23. The minimum absolute atomic E-state index is 0.747. The van der Waals surface area contributed by atoms with Gasteiger partial charge in [-0.1, -0.05) is 0 Å². The molecule has 0 aliphatic carbocycles. The van der Waals surface area contributed by atoms with E-state index in [1.54, 1.807) is 11.3 Å². The Kier molecular flexibility index (Phi) is 4.53. The van der Waals surface area contributed by atoms with Crippen molar-refractivity contribution in [2.24, 2.45) is 0 Å². The maximum atomic E-state index is 5.62. The van der Waals surface area contributed by atoms with Gasteiger partial charge in [0.05, 0.1) is 6.61 Å². The Labute approximate surface area is 105 Å². The summed E-state index contributed by atoms with van der Waals surface area (Å²) in [4.78, 5) is 4.27. The zero-order valence-electron chi connectivity index (χ0n) is 9.85. The van der Waals surface area contributed by atoms with Crippen LogP contribution in [0.1, 0.15) is 6.42 Å². The van der Waals surface area contributed by atoms with E-state index in [0.717, 1.165) is 35.9 Å². The average molecular weight is 248 g/mol. The van der Waals surface area contributed by atoms with Crippen LogP contribution in [-0.2, 0) is 0 Å². The Morgan fingerprint density at radius 3 is 2.76 bits per heavy atom. The first kappa shape index (κ1) is 12.1. The van der Waals surface area contributed by atoms with Crippen molar-refractivity contribution in [3.05, 3.63) is 35.8 Å². The summed E-state index contributed by atoms with van der Waals surface area (Å²) in [5.74, 6) is 0.918. The van der Waals surface area contributed by atoms with E-state index in [-0.39, 0.29) is 0 Å². The first-order valence-corrected chi connectivity index (χ1v) is 6.55. The summed E-state index contributed by atoms with van der Waals surface area (Å²) in [5.41, 5.74) is 1.14. The number of hydrogen-bond acceptors (Lipinski definition) is 4. The van der Waals surface area contributed by atoms with E-state index in [4.69, 9.17) is 4.74 Å². The molecule has 0 bridgehead atoms. The van der Waals surface area contributed by atoms with Crippen LogP contribution < -0.4 is 10.1 Å². The second-order valence-corrected chi connectivity index (χ2v) is 4.56. The topological polar surface area (TPSA) is 34.1 Å². The molecule has 0 aliphatic heterocycles. The Bertz CT molecular complexity index is 425. The van der Waals surface area contributed by atoms with Crippen molar-refractivity contribution in [1.29, 1.82) is 0 Å². The molecule has 4 heteroatoms. The number of thiazole rings is 1. The van der Waals surface area contributed by atoms with Crippen LogP contribution in [0.2, 0.25) is 0 Å². The van der Waals surface area contributed by atoms with Crippen molar-refractivity contribution in [1.82, 2.24) is 10.3 Å². The molecule has 90 valence electrons. The van der Waals surface area contributed by atoms with Gasteiger partial charge in [0, 0.05) is 17.1 Å². The highest BCUT2D eigenvalue weighted by molar-refractivity contribution is 7.13. The fourth-order valence-electron chi connectivity index (χ4n) is 1.50. The van der Waals surface area contributed by atoms with Crippen molar-refractivity contribution >= 4 is 11.3 Å². The third-order valence-corrected chi connectivity index (χ3v) is 3.20. The van der Waals surface area contributed by atoms with Crippen molar-refractivity contribution < 1.29 is 4.74 Å². The summed E-state index contributed by atoms with van der Waals surface area (Å²) in [6, 6.07) is 8.09. The summed E-state index contributed by atoms with van der Waals surface area (Å²) in [6.07, 6.45) is 2.84. The summed E-state index contributed by atoms with van der Waals surface area (Å²) in [7, 11) is 1.95. The molecule has 1 aromatic heterocycles. The summed E-state index contributed by atoms with van der Waals surface area (Å²) in [6.45, 7) is 1.73. The quantitative estimate of drug-likeness (QED) is 0.798. The zero-order chi connectivity index (χ0) is 11.9. The minimum Gasteiger partial charge on any atom is -0.494 e. The first-order valence-electron chi connectivity index (χ1n) is 5.67. The lowest BCUT2D eigenvalue weighted by Crippen LogP contribution is -2.11. The van der Waals surface area contributed by atoms with Crippen LogP contribution in [0.5, 0.6) is 5.75 Å². The Hall–Kier alpha value is -1.39. The SMILES string of the molecule is CNCCCOc1ccc(-c2nccs2)cc1. The first-order chi connectivity index (χ1) is 8.40. The van der Waals surface area contributed by atoms with E-state index in [9.17, 15) is 0 Å². The maximum Gasteiger partial charge on any atom is 0.123 e. The molecule has 0 spiro atoms. The lowest BCUT2D eigenvalue weighted by molar-refractivity contribution is 0.310. The predicted octanol–water partition coefficient (Wildman–Crippen LogP) is 2.80. The van der Waals surface area contributed by atoms with Crippen LogP contribution in [0.4, 0.5) is 0 Å². The average Bonchev–Trinajstić information content (AvgIpc) is 2.89. The molecule has 17 heavy (non-hydrogen) atoms. The van der Waals surface area contributed by atoms with Gasteiger partial charge in [-0.2, -0.15) is 0 Å². The van der Waals surface area contributed by atoms with Gasteiger partial charge in [0.1, 0.15) is 10.8 Å². The standard InChI is InChI=1S/C13H16N2OS/c1-14-7-2-9-16-12-5-3-11(4-6-12)13-15-8-10-17-13/h3-6,8,10,14H,2,7,9H2,1H3. The van der Waals surface area contributed by atoms with Gasteiger partial charge >= 0.3 is 0 Å². The van der Waals surface area contributed by atoms with Gasteiger partial charge in [0.2, 0.25) is 0 Å². The number of nitrogens with zero attached hydrogens (tertiary/aromatic N) is 1. The van der Waals surface area contributed by atoms with Gasteiger partial charge in [-0.15, -0.1) is 11.3 Å². The van der Waals surface area contributed by atoms with Gasteiger partial charge in [-0.3, -0.25) is 0 Å². The second-order valence-electron chi connectivity index (χ2n) is 3.67. The smallest absolute Gasteiger partial charge is 0.123 e. The highest BCUT2D eigenvalue weighted by atomic mass is 32.1. The molecule has 2 rings (SSSR count). The molecular weight excluding hydrogens is 232 g/mol. The Morgan fingerprint density at radius 1 is 1.29 bits per heavy atom. The molecule has 1 aromatic carbocycles. The third kappa shape index (κ3) is 3.54. The third-order valence-electron chi connectivity index (χ3n) is 2.37. The van der Waals surface area contributed by atoms with Crippen LogP contribution in [0.25, 0.3) is 10.6 Å². The molecule has 0 amide bonds. The summed E-state index contributed by atoms with van der Waals surface area (Å²) in [5, 5.41) is 6.13. The molecule has 2 aromatic rings. The van der Waals surface area contributed by atoms with Gasteiger partial charge in [-0.25, -0.2) is 4.98 Å². The van der Waals surface area contributed by atoms with Crippen LogP contribution in [-0.4, -0.2) is 25.2 Å². The van der Waals surface area contributed by atoms with E-state index in [1.807, 2.05) is 42.9 Å². The van der Waals surface area contributed by atoms with E-state index >= 15 is 0 Å². The number of ether oxygens (including phenoxy) is 1. The van der Waals surface area contributed by atoms with Crippen molar-refractivity contribution in [2.45, 2.75) is 6.42 Å². The largest absolute Gasteiger partial charge is 0.494 e. The van der Waals surface area contributed by atoms with Gasteiger partial charge < -0.3 is 10.1 Å². The molecule has 1 heterocycles. The molecular formula is C13H16N2OS. The number of hydrogen-bond donors (Lipinski definition) is 1. The number of benzene rings is 1. The Balaban J connectivity index is 1.90. The second kappa shape index (κ2) is 6.37. The van der Waals surface area contributed by atoms with Crippen LogP contribution in [0.3, 0.4) is 0 Å². The fourth-order valence-corrected chi connectivity index (χ4v) is 2.14. The normalized spacial score (nSPS) is 10.4. The lowest BCUT2D eigenvalue weighted by Gasteiger charge is -2.06. The highest BCUT2D eigenvalue weighted by Gasteiger charge is 2.00. The summed E-state index contributed by atoms with van der Waals surface area (Å²) >= 11 is 1.65. The molecule has 0 radical (unpaired) electrons. The molecule has 0 fully saturated rings. The molecule has 0 aliphatic rings. The molecule has 0 saturated carbocycles. The van der Waals surface area contributed by atoms with Gasteiger partial charge in [0.25, 0.3) is 0 Å². The van der Waals surface area contributed by atoms with E-state index in [1.165, 1.54) is 0 Å². The summed E-state index contributed by atoms with van der Waals surface area (Å²) < 4.78 is 5.62. The van der Waals surface area contributed by atoms with Crippen molar-refractivity contribution in [3.63, 3.8) is 0 Å². The number of rotatable bonds is 6. The minimum atomic E-state index is 0.747. The monoisotopic (exact) mass is 248 g/mol. The predicted molar refractivity (Wildman–Crippen MR) is 71.6 cm³/mol. The molecule has 3 nitrogen and oxygen atoms in total. The van der Waals surface area contributed by atoms with Gasteiger partial charge in [-0.05, 0) is 44.3 Å². The number of aromatic nitrogens is 1. The fraction of sp³-hybridized carbons (Fsp3) is 0.308. The van der Waals surface area contributed by atoms with Crippen LogP contribution in [0.15, 0.2) is 35.8 Å². The van der Waals surface area contributed by atoms with Crippen molar-refractivity contribution in [3.8, 4) is 16.3 Å².